The minimum atomic E-state index is -1.43. The summed E-state index contributed by atoms with van der Waals surface area (Å²) in [5, 5.41) is 30.8. The maximum absolute atomic E-state index is 11.8. The zero-order valence-corrected chi connectivity index (χ0v) is 13.4. The van der Waals surface area contributed by atoms with Gasteiger partial charge in [-0.3, -0.25) is 14.9 Å². The second-order valence-corrected chi connectivity index (χ2v) is 5.93. The van der Waals surface area contributed by atoms with E-state index < -0.39 is 23.1 Å². The van der Waals surface area contributed by atoms with Gasteiger partial charge in [0.1, 0.15) is 6.10 Å². The first-order valence-corrected chi connectivity index (χ1v) is 7.62. The Hall–Kier alpha value is -1.97. The number of nitro groups is 1. The van der Waals surface area contributed by atoms with Crippen molar-refractivity contribution in [3.05, 3.63) is 39.4 Å². The molecule has 1 aromatic carbocycles. The van der Waals surface area contributed by atoms with E-state index in [1.807, 2.05) is 0 Å². The summed E-state index contributed by atoms with van der Waals surface area (Å²) in [5.41, 5.74) is -0.488. The van der Waals surface area contributed by atoms with Crippen LogP contribution in [0.25, 0.3) is 0 Å². The summed E-state index contributed by atoms with van der Waals surface area (Å²) in [6, 6.07) is 3.32. The molecule has 0 aromatic heterocycles. The topological polar surface area (TPSA) is 127 Å². The van der Waals surface area contributed by atoms with Crippen LogP contribution in [0.4, 0.5) is 5.69 Å². The van der Waals surface area contributed by atoms with Gasteiger partial charge in [0.15, 0.2) is 5.12 Å². The SMILES string of the molecule is COC(=O)c1cc([N+](=O)[O-])ccc1C(O)C(O)CCSC(C)=O. The summed E-state index contributed by atoms with van der Waals surface area (Å²) < 4.78 is 4.55. The zero-order chi connectivity index (χ0) is 17.6. The lowest BCUT2D eigenvalue weighted by Crippen LogP contribution is -2.22. The van der Waals surface area contributed by atoms with Crippen molar-refractivity contribution in [2.24, 2.45) is 0 Å². The van der Waals surface area contributed by atoms with Crippen LogP contribution >= 0.6 is 11.8 Å². The molecule has 2 unspecified atom stereocenters. The molecule has 126 valence electrons. The number of carbonyl (C=O) groups is 2. The van der Waals surface area contributed by atoms with Crippen molar-refractivity contribution in [3.8, 4) is 0 Å². The lowest BCUT2D eigenvalue weighted by atomic mass is 9.97. The maximum atomic E-state index is 11.8. The van der Waals surface area contributed by atoms with Gasteiger partial charge < -0.3 is 14.9 Å². The lowest BCUT2D eigenvalue weighted by Gasteiger charge is -2.19. The van der Waals surface area contributed by atoms with E-state index in [1.54, 1.807) is 0 Å². The van der Waals surface area contributed by atoms with Gasteiger partial charge in [-0.15, -0.1) is 0 Å². The molecule has 0 bridgehead atoms. The summed E-state index contributed by atoms with van der Waals surface area (Å²) in [6.45, 7) is 1.39. The predicted molar refractivity (Wildman–Crippen MR) is 83.2 cm³/mol. The highest BCUT2D eigenvalue weighted by molar-refractivity contribution is 8.13. The number of non-ortho nitro benzene ring substituents is 1. The Balaban J connectivity index is 3.02. The van der Waals surface area contributed by atoms with Crippen molar-refractivity contribution in [2.45, 2.75) is 25.6 Å². The molecule has 0 aliphatic rings. The third-order valence-electron chi connectivity index (χ3n) is 3.06. The molecule has 0 fully saturated rings. The number of thioether (sulfide) groups is 1. The molecule has 1 aromatic rings. The monoisotopic (exact) mass is 343 g/mol. The Morgan fingerprint density at radius 1 is 1.39 bits per heavy atom. The number of hydrogen-bond acceptors (Lipinski definition) is 8. The minimum Gasteiger partial charge on any atom is -0.465 e. The maximum Gasteiger partial charge on any atom is 0.338 e. The van der Waals surface area contributed by atoms with E-state index in [0.717, 1.165) is 31.0 Å². The Bertz CT molecular complexity index is 605. The smallest absolute Gasteiger partial charge is 0.338 e. The molecule has 0 aliphatic heterocycles. The fourth-order valence-electron chi connectivity index (χ4n) is 1.89. The van der Waals surface area contributed by atoms with Crippen molar-refractivity contribution >= 4 is 28.5 Å². The van der Waals surface area contributed by atoms with Gasteiger partial charge in [-0.1, -0.05) is 11.8 Å². The molecule has 0 radical (unpaired) electrons. The number of methoxy groups -OCH3 is 1. The van der Waals surface area contributed by atoms with E-state index >= 15 is 0 Å². The van der Waals surface area contributed by atoms with E-state index in [1.165, 1.54) is 13.0 Å². The Kier molecular flexibility index (Phi) is 7.14. The Morgan fingerprint density at radius 3 is 2.57 bits per heavy atom. The summed E-state index contributed by atoms with van der Waals surface area (Å²) in [5.74, 6) is -0.554. The zero-order valence-electron chi connectivity index (χ0n) is 12.6. The number of nitro benzene ring substituents is 1. The number of ether oxygens (including phenoxy) is 1. The molecular weight excluding hydrogens is 326 g/mol. The molecule has 0 saturated carbocycles. The molecule has 2 N–H and O–H groups in total. The predicted octanol–water partition coefficient (Wildman–Crippen LogP) is 1.45. The lowest BCUT2D eigenvalue weighted by molar-refractivity contribution is -0.384. The van der Waals surface area contributed by atoms with Crippen LogP contribution in [0.2, 0.25) is 0 Å². The molecule has 1 rings (SSSR count). The average Bonchev–Trinajstić information content (AvgIpc) is 2.52. The van der Waals surface area contributed by atoms with Crippen molar-refractivity contribution in [1.82, 2.24) is 0 Å². The normalized spacial score (nSPS) is 13.2. The highest BCUT2D eigenvalue weighted by Gasteiger charge is 2.26. The summed E-state index contributed by atoms with van der Waals surface area (Å²) in [4.78, 5) is 32.7. The Morgan fingerprint density at radius 2 is 2.04 bits per heavy atom. The van der Waals surface area contributed by atoms with Crippen molar-refractivity contribution in [3.63, 3.8) is 0 Å². The summed E-state index contributed by atoms with van der Waals surface area (Å²) in [6.07, 6.45) is -2.55. The number of carbonyl (C=O) groups excluding carboxylic acids is 2. The van der Waals surface area contributed by atoms with E-state index in [9.17, 15) is 29.9 Å². The number of nitrogens with zero attached hydrogens (tertiary/aromatic N) is 1. The number of aliphatic hydroxyl groups is 2. The quantitative estimate of drug-likeness (QED) is 0.432. The molecule has 23 heavy (non-hydrogen) atoms. The second kappa shape index (κ2) is 8.61. The third kappa shape index (κ3) is 5.31. The van der Waals surface area contributed by atoms with Gasteiger partial charge in [0.05, 0.1) is 23.7 Å². The molecule has 2 atom stereocenters. The number of aliphatic hydroxyl groups excluding tert-OH is 2. The van der Waals surface area contributed by atoms with Crippen LogP contribution in [0.5, 0.6) is 0 Å². The first-order chi connectivity index (χ1) is 10.8. The third-order valence-corrected chi connectivity index (χ3v) is 3.90. The average molecular weight is 343 g/mol. The molecule has 9 heteroatoms. The van der Waals surface area contributed by atoms with E-state index in [0.29, 0.717) is 5.75 Å². The van der Waals surface area contributed by atoms with Gasteiger partial charge >= 0.3 is 5.97 Å². The number of rotatable bonds is 7. The molecule has 0 saturated heterocycles. The van der Waals surface area contributed by atoms with Crippen molar-refractivity contribution in [2.75, 3.05) is 12.9 Å². The van der Waals surface area contributed by atoms with Crippen LogP contribution in [0.3, 0.4) is 0 Å². The van der Waals surface area contributed by atoms with Crippen LogP contribution in [0.15, 0.2) is 18.2 Å². The number of benzene rings is 1. The van der Waals surface area contributed by atoms with Gasteiger partial charge in [0, 0.05) is 24.8 Å². The molecule has 8 nitrogen and oxygen atoms in total. The van der Waals surface area contributed by atoms with Crippen LogP contribution in [0, 0.1) is 10.1 Å². The summed E-state index contributed by atoms with van der Waals surface area (Å²) in [7, 11) is 1.11. The first kappa shape index (κ1) is 19.1. The molecule has 0 amide bonds. The van der Waals surface area contributed by atoms with Gasteiger partial charge in [0.2, 0.25) is 0 Å². The van der Waals surface area contributed by atoms with Crippen LogP contribution in [-0.4, -0.2) is 45.2 Å². The van der Waals surface area contributed by atoms with Gasteiger partial charge in [0.25, 0.3) is 5.69 Å². The standard InChI is InChI=1S/C14H17NO7S/c1-8(16)23-6-5-12(17)13(18)10-4-3-9(15(20)21)7-11(10)14(19)22-2/h3-4,7,12-13,17-18H,5-6H2,1-2H3. The fraction of sp³-hybridized carbons (Fsp3) is 0.429. The van der Waals surface area contributed by atoms with E-state index in [2.05, 4.69) is 4.74 Å². The first-order valence-electron chi connectivity index (χ1n) is 6.64. The largest absolute Gasteiger partial charge is 0.465 e. The van der Waals surface area contributed by atoms with Crippen molar-refractivity contribution < 1.29 is 29.5 Å². The number of esters is 1. The van der Waals surface area contributed by atoms with Gasteiger partial charge in [-0.2, -0.15) is 0 Å². The minimum absolute atomic E-state index is 0.0303. The van der Waals surface area contributed by atoms with Crippen LogP contribution < -0.4 is 0 Å². The summed E-state index contributed by atoms with van der Waals surface area (Å²) >= 11 is 1.00. The van der Waals surface area contributed by atoms with Crippen LogP contribution in [0.1, 0.15) is 35.4 Å². The fourth-order valence-corrected chi connectivity index (χ4v) is 2.54. The van der Waals surface area contributed by atoms with Gasteiger partial charge in [-0.25, -0.2) is 4.79 Å². The van der Waals surface area contributed by atoms with E-state index in [4.69, 9.17) is 0 Å². The number of hydrogen-bond donors (Lipinski definition) is 2. The van der Waals surface area contributed by atoms with Gasteiger partial charge in [-0.05, 0) is 18.1 Å². The van der Waals surface area contributed by atoms with Crippen LogP contribution in [-0.2, 0) is 9.53 Å². The Labute approximate surface area is 136 Å². The molecule has 0 heterocycles. The van der Waals surface area contributed by atoms with E-state index in [-0.39, 0.29) is 28.4 Å². The molecule has 0 aliphatic carbocycles. The highest BCUT2D eigenvalue weighted by atomic mass is 32.2. The second-order valence-electron chi connectivity index (χ2n) is 4.66. The highest BCUT2D eigenvalue weighted by Crippen LogP contribution is 2.27. The van der Waals surface area contributed by atoms with Crippen molar-refractivity contribution in [1.29, 1.82) is 0 Å². The molecule has 0 spiro atoms. The molecular formula is C14H17NO7S.